The Balaban J connectivity index is 1.37. The van der Waals surface area contributed by atoms with Crippen LogP contribution in [0.1, 0.15) is 12.8 Å². The van der Waals surface area contributed by atoms with Crippen LogP contribution in [0, 0.1) is 29.6 Å². The minimum absolute atomic E-state index is 0.0602. The van der Waals surface area contributed by atoms with Crippen LogP contribution in [0.3, 0.4) is 0 Å². The van der Waals surface area contributed by atoms with Crippen LogP contribution in [0.25, 0.3) is 0 Å². The zero-order valence-corrected chi connectivity index (χ0v) is 13.9. The first-order chi connectivity index (χ1) is 11.1. The van der Waals surface area contributed by atoms with Crippen LogP contribution in [0.2, 0.25) is 0 Å². The first-order valence-corrected chi connectivity index (χ1v) is 8.75. The van der Waals surface area contributed by atoms with Gasteiger partial charge in [-0.3, -0.25) is 9.59 Å². The van der Waals surface area contributed by atoms with Crippen molar-refractivity contribution in [1.29, 1.82) is 0 Å². The van der Waals surface area contributed by atoms with Gasteiger partial charge in [-0.1, -0.05) is 0 Å². The molecule has 0 aromatic heterocycles. The van der Waals surface area contributed by atoms with E-state index in [9.17, 15) is 9.59 Å². The second kappa shape index (κ2) is 5.74. The lowest BCUT2D eigenvalue weighted by atomic mass is 9.83. The highest BCUT2D eigenvalue weighted by Gasteiger charge is 2.59. The van der Waals surface area contributed by atoms with Crippen molar-refractivity contribution >= 4 is 11.8 Å². The number of ether oxygens (including phenoxy) is 2. The second-order valence-electron chi connectivity index (χ2n) is 7.76. The summed E-state index contributed by atoms with van der Waals surface area (Å²) in [5.41, 5.74) is 0. The summed E-state index contributed by atoms with van der Waals surface area (Å²) in [6.45, 7) is 3.57. The molecule has 4 aliphatic rings. The first kappa shape index (κ1) is 15.4. The number of likely N-dealkylation sites (tertiary alicyclic amines) is 1. The number of piperidine rings is 1. The van der Waals surface area contributed by atoms with Crippen molar-refractivity contribution in [2.45, 2.75) is 18.9 Å². The van der Waals surface area contributed by atoms with Gasteiger partial charge in [-0.2, -0.15) is 0 Å². The smallest absolute Gasteiger partial charge is 0.227 e. The molecule has 3 aliphatic heterocycles. The van der Waals surface area contributed by atoms with Gasteiger partial charge in [0, 0.05) is 39.0 Å². The molecule has 0 radical (unpaired) electrons. The molecule has 2 amide bonds. The van der Waals surface area contributed by atoms with E-state index in [4.69, 9.17) is 9.47 Å². The maximum Gasteiger partial charge on any atom is 0.227 e. The molecule has 128 valence electrons. The Hall–Kier alpha value is -1.14. The van der Waals surface area contributed by atoms with Gasteiger partial charge in [-0.15, -0.1) is 0 Å². The molecule has 0 spiro atoms. The van der Waals surface area contributed by atoms with Gasteiger partial charge in [0.1, 0.15) is 0 Å². The van der Waals surface area contributed by atoms with Crippen molar-refractivity contribution < 1.29 is 19.1 Å². The highest BCUT2D eigenvalue weighted by Crippen LogP contribution is 2.52. The van der Waals surface area contributed by atoms with Crippen molar-refractivity contribution in [2.75, 3.05) is 47.0 Å². The van der Waals surface area contributed by atoms with Crippen LogP contribution < -0.4 is 0 Å². The molecule has 3 saturated heterocycles. The zero-order valence-electron chi connectivity index (χ0n) is 13.9. The Bertz CT molecular complexity index is 499. The van der Waals surface area contributed by atoms with Crippen molar-refractivity contribution in [3.8, 4) is 0 Å². The molecular formula is C17H26N2O4. The SMILES string of the molecule is CN(C)C(=O)[C@@H]1CO[C@@H]2CCN(C(=O)C3[C@H]4COC[C@@H]34)C[C@@H]2C1. The number of rotatable bonds is 2. The number of hydrogen-bond acceptors (Lipinski definition) is 4. The molecular weight excluding hydrogens is 296 g/mol. The number of hydrogen-bond donors (Lipinski definition) is 0. The minimum atomic E-state index is -0.0602. The third-order valence-electron chi connectivity index (χ3n) is 6.10. The highest BCUT2D eigenvalue weighted by molar-refractivity contribution is 5.83. The second-order valence-corrected chi connectivity index (χ2v) is 7.76. The third-order valence-corrected chi connectivity index (χ3v) is 6.10. The minimum Gasteiger partial charge on any atom is -0.381 e. The number of carbonyl (C=O) groups is 2. The van der Waals surface area contributed by atoms with Crippen LogP contribution in [0.5, 0.6) is 0 Å². The normalized spacial score (nSPS) is 41.9. The topological polar surface area (TPSA) is 59.1 Å². The van der Waals surface area contributed by atoms with E-state index in [0.29, 0.717) is 30.3 Å². The molecule has 1 aliphatic carbocycles. The predicted molar refractivity (Wildman–Crippen MR) is 82.5 cm³/mol. The molecule has 0 aromatic carbocycles. The number of nitrogens with zero attached hydrogens (tertiary/aromatic N) is 2. The van der Waals surface area contributed by atoms with E-state index in [1.54, 1.807) is 19.0 Å². The maximum absolute atomic E-state index is 12.7. The van der Waals surface area contributed by atoms with Crippen LogP contribution in [0.15, 0.2) is 0 Å². The molecule has 0 N–H and O–H groups in total. The number of amides is 2. The fourth-order valence-electron chi connectivity index (χ4n) is 4.68. The molecule has 0 bridgehead atoms. The third kappa shape index (κ3) is 2.66. The monoisotopic (exact) mass is 322 g/mol. The van der Waals surface area contributed by atoms with Crippen LogP contribution in [-0.4, -0.2) is 74.7 Å². The molecule has 1 unspecified atom stereocenters. The average Bonchev–Trinajstić information content (AvgIpc) is 3.03. The van der Waals surface area contributed by atoms with Crippen molar-refractivity contribution in [3.63, 3.8) is 0 Å². The highest BCUT2D eigenvalue weighted by atomic mass is 16.5. The van der Waals surface area contributed by atoms with Gasteiger partial charge in [-0.25, -0.2) is 0 Å². The van der Waals surface area contributed by atoms with E-state index in [0.717, 1.165) is 39.1 Å². The van der Waals surface area contributed by atoms with Crippen LogP contribution >= 0.6 is 0 Å². The Morgan fingerprint density at radius 1 is 1.13 bits per heavy atom. The largest absolute Gasteiger partial charge is 0.381 e. The van der Waals surface area contributed by atoms with Gasteiger partial charge >= 0.3 is 0 Å². The van der Waals surface area contributed by atoms with Crippen LogP contribution in [0.4, 0.5) is 0 Å². The molecule has 3 heterocycles. The summed E-state index contributed by atoms with van der Waals surface area (Å²) in [6, 6.07) is 0. The molecule has 23 heavy (non-hydrogen) atoms. The van der Waals surface area contributed by atoms with E-state index in [2.05, 4.69) is 0 Å². The Morgan fingerprint density at radius 3 is 2.57 bits per heavy atom. The lowest BCUT2D eigenvalue weighted by Crippen LogP contribution is -2.52. The van der Waals surface area contributed by atoms with Crippen molar-refractivity contribution in [3.05, 3.63) is 0 Å². The summed E-state index contributed by atoms with van der Waals surface area (Å²) in [6.07, 6.45) is 1.96. The summed E-state index contributed by atoms with van der Waals surface area (Å²) >= 11 is 0. The van der Waals surface area contributed by atoms with Gasteiger partial charge in [0.15, 0.2) is 0 Å². The van der Waals surface area contributed by atoms with E-state index in [-0.39, 0.29) is 23.8 Å². The Labute approximate surface area is 137 Å². The summed E-state index contributed by atoms with van der Waals surface area (Å²) in [5, 5.41) is 0. The Morgan fingerprint density at radius 2 is 1.87 bits per heavy atom. The molecule has 4 fully saturated rings. The van der Waals surface area contributed by atoms with Gasteiger partial charge in [0.05, 0.1) is 31.8 Å². The summed E-state index contributed by atoms with van der Waals surface area (Å²) < 4.78 is 11.3. The average molecular weight is 322 g/mol. The zero-order chi connectivity index (χ0) is 16.1. The fourth-order valence-corrected chi connectivity index (χ4v) is 4.68. The van der Waals surface area contributed by atoms with Crippen molar-refractivity contribution in [1.82, 2.24) is 9.80 Å². The predicted octanol–water partition coefficient (Wildman–Crippen LogP) is 0.221. The first-order valence-electron chi connectivity index (χ1n) is 8.75. The maximum atomic E-state index is 12.7. The molecule has 0 aromatic rings. The molecule has 4 rings (SSSR count). The van der Waals surface area contributed by atoms with Gasteiger partial charge in [-0.05, 0) is 24.7 Å². The van der Waals surface area contributed by atoms with Crippen molar-refractivity contribution in [2.24, 2.45) is 29.6 Å². The molecule has 6 nitrogen and oxygen atoms in total. The quantitative estimate of drug-likeness (QED) is 0.730. The summed E-state index contributed by atoms with van der Waals surface area (Å²) in [7, 11) is 3.58. The van der Waals surface area contributed by atoms with Gasteiger partial charge < -0.3 is 19.3 Å². The lowest BCUT2D eigenvalue weighted by Gasteiger charge is -2.43. The van der Waals surface area contributed by atoms with Crippen LogP contribution in [-0.2, 0) is 19.1 Å². The van der Waals surface area contributed by atoms with E-state index >= 15 is 0 Å². The molecule has 1 saturated carbocycles. The summed E-state index contributed by atoms with van der Waals surface area (Å²) in [5.74, 6) is 1.81. The van der Waals surface area contributed by atoms with Gasteiger partial charge in [0.25, 0.3) is 0 Å². The Kier molecular flexibility index (Phi) is 3.84. The number of carbonyl (C=O) groups excluding carboxylic acids is 2. The summed E-state index contributed by atoms with van der Waals surface area (Å²) in [4.78, 5) is 28.6. The molecule has 6 heteroatoms. The van der Waals surface area contributed by atoms with E-state index < -0.39 is 0 Å². The van der Waals surface area contributed by atoms with E-state index in [1.165, 1.54) is 0 Å². The lowest BCUT2D eigenvalue weighted by molar-refractivity contribution is -0.151. The van der Waals surface area contributed by atoms with E-state index in [1.807, 2.05) is 4.90 Å². The molecule has 6 atom stereocenters. The standard InChI is InChI=1S/C17H26N2O4/c1-18(2)16(20)11-5-10-6-19(4-3-14(10)23-7-11)17(21)15-12-8-22-9-13(12)15/h10-15H,3-9H2,1-2H3/t10-,11-,12-,13+,14+,15?/m0/s1. The number of fused-ring (bicyclic) bond motifs is 2. The fraction of sp³-hybridized carbons (Fsp3) is 0.882. The van der Waals surface area contributed by atoms with Gasteiger partial charge in [0.2, 0.25) is 11.8 Å².